The van der Waals surface area contributed by atoms with Crippen molar-refractivity contribution in [3.63, 3.8) is 0 Å². The van der Waals surface area contributed by atoms with Crippen LogP contribution in [0.5, 0.6) is 0 Å². The first-order chi connectivity index (χ1) is 5.07. The van der Waals surface area contributed by atoms with Crippen LogP contribution in [-0.2, 0) is 14.1 Å². The Morgan fingerprint density at radius 2 is 2.09 bits per heavy atom. The highest BCUT2D eigenvalue weighted by molar-refractivity contribution is 7.37. The number of hydrogen-bond donors (Lipinski definition) is 1. The molecule has 0 amide bonds. The average molecular weight is 177 g/mol. The van der Waals surface area contributed by atoms with Crippen molar-refractivity contribution in [1.29, 1.82) is 0 Å². The summed E-state index contributed by atoms with van der Waals surface area (Å²) in [7, 11) is -1.85. The molecule has 4 nitrogen and oxygen atoms in total. The fourth-order valence-corrected chi connectivity index (χ4v) is 0.225. The first-order valence-corrected chi connectivity index (χ1v) is 4.49. The van der Waals surface area contributed by atoms with Crippen molar-refractivity contribution in [2.75, 3.05) is 6.16 Å². The van der Waals surface area contributed by atoms with Gasteiger partial charge in [0, 0.05) is 0 Å². The first-order valence-electron chi connectivity index (χ1n) is 3.09. The number of ether oxygens (including phenoxy) is 1. The minimum absolute atomic E-state index is 0.199. The summed E-state index contributed by atoms with van der Waals surface area (Å²) in [6.45, 7) is 3.38. The van der Waals surface area contributed by atoms with Gasteiger partial charge in [0.25, 0.3) is 0 Å². The number of carbonyl (C=O) groups excluding carboxylic acids is 1. The molecule has 1 N–H and O–H groups in total. The number of cyclic esters (lactones) is 1. The van der Waals surface area contributed by atoms with Crippen LogP contribution >= 0.6 is 8.03 Å². The van der Waals surface area contributed by atoms with Gasteiger partial charge >= 0.3 is 14.0 Å². The van der Waals surface area contributed by atoms with Crippen LogP contribution in [0.4, 0.5) is 0 Å². The molecule has 11 heavy (non-hydrogen) atoms. The zero-order valence-corrected chi connectivity index (χ0v) is 7.30. The topological polar surface area (TPSA) is 63.6 Å². The van der Waals surface area contributed by atoms with Crippen molar-refractivity contribution in [3.05, 3.63) is 11.8 Å². The zero-order chi connectivity index (χ0) is 8.85. The second-order valence-electron chi connectivity index (χ2n) is 1.87. The average Bonchev–Trinajstić information content (AvgIpc) is 2.02. The van der Waals surface area contributed by atoms with E-state index in [2.05, 4.69) is 4.74 Å². The largest absolute Gasteiger partial charge is 0.505 e. The van der Waals surface area contributed by atoms with Crippen molar-refractivity contribution < 1.29 is 19.0 Å². The summed E-state index contributed by atoms with van der Waals surface area (Å²) in [5, 5.41) is 0. The Morgan fingerprint density at radius 3 is 2.09 bits per heavy atom. The highest BCUT2D eigenvalue weighted by Crippen LogP contribution is 2.08. The molecule has 1 rings (SSSR count). The maximum atomic E-state index is 9.94. The molecule has 1 aliphatic rings. The van der Waals surface area contributed by atoms with Crippen LogP contribution in [-0.4, -0.2) is 17.0 Å². The van der Waals surface area contributed by atoms with Crippen molar-refractivity contribution >= 4 is 14.0 Å². The van der Waals surface area contributed by atoms with Gasteiger partial charge in [0.05, 0.1) is 5.57 Å². The van der Waals surface area contributed by atoms with E-state index in [0.717, 1.165) is 0 Å². The Labute approximate surface area is 65.7 Å². The van der Waals surface area contributed by atoms with E-state index in [1.54, 1.807) is 13.8 Å². The van der Waals surface area contributed by atoms with E-state index in [9.17, 15) is 9.36 Å². The normalized spacial score (nSPS) is 15.0. The van der Waals surface area contributed by atoms with Crippen LogP contribution in [0.3, 0.4) is 0 Å². The third-order valence-corrected chi connectivity index (χ3v) is 1.48. The molecule has 0 saturated carbocycles. The van der Waals surface area contributed by atoms with Gasteiger partial charge in [-0.05, 0) is 18.4 Å². The number of esters is 1. The predicted molar refractivity (Wildman–Crippen MR) is 40.2 cm³/mol. The molecule has 0 aliphatic carbocycles. The van der Waals surface area contributed by atoms with E-state index >= 15 is 0 Å². The van der Waals surface area contributed by atoms with E-state index in [1.807, 2.05) is 0 Å². The van der Waals surface area contributed by atoms with Crippen LogP contribution < -0.4 is 0 Å². The van der Waals surface area contributed by atoms with E-state index in [1.165, 1.54) is 6.26 Å². The summed E-state index contributed by atoms with van der Waals surface area (Å²) in [5.41, 5.74) is 0.704. The molecule has 0 bridgehead atoms. The van der Waals surface area contributed by atoms with Crippen molar-refractivity contribution in [2.45, 2.75) is 13.8 Å². The van der Waals surface area contributed by atoms with Gasteiger partial charge in [-0.1, -0.05) is 0 Å². The molecule has 0 aromatic rings. The molecule has 0 fully saturated rings. The highest BCUT2D eigenvalue weighted by atomic mass is 31.1. The molecule has 0 aromatic carbocycles. The minimum atomic E-state index is -1.85. The van der Waals surface area contributed by atoms with Gasteiger partial charge in [-0.2, -0.15) is 4.89 Å². The molecule has 1 heterocycles. The van der Waals surface area contributed by atoms with Crippen LogP contribution in [0, 0.1) is 0 Å². The number of rotatable bonds is 1. The number of carbonyl (C=O) groups is 1. The van der Waals surface area contributed by atoms with E-state index < -0.39 is 8.03 Å². The number of hydrogen-bond acceptors (Lipinski definition) is 3. The van der Waals surface area contributed by atoms with Gasteiger partial charge in [-0.3, -0.25) is 0 Å². The Morgan fingerprint density at radius 1 is 1.73 bits per heavy atom. The lowest BCUT2D eigenvalue weighted by Gasteiger charge is -2.05. The van der Waals surface area contributed by atoms with Crippen molar-refractivity contribution in [3.8, 4) is 0 Å². The fraction of sp³-hybridized carbons (Fsp3) is 0.500. The molecule has 0 spiro atoms. The molecule has 0 saturated heterocycles. The molecule has 0 aromatic heterocycles. The summed E-state index contributed by atoms with van der Waals surface area (Å²) in [4.78, 5) is 17.8. The second-order valence-corrected chi connectivity index (χ2v) is 3.21. The van der Waals surface area contributed by atoms with E-state index in [0.29, 0.717) is 11.7 Å². The second kappa shape index (κ2) is 4.99. The van der Waals surface area contributed by atoms with Gasteiger partial charge < -0.3 is 4.74 Å². The Hall–Kier alpha value is -0.730. The lowest BCUT2D eigenvalue weighted by molar-refractivity contribution is -0.138. The molecule has 1 unspecified atom stereocenters. The summed E-state index contributed by atoms with van der Waals surface area (Å²) >= 11 is 0. The maximum Gasteiger partial charge on any atom is 0.505 e. The van der Waals surface area contributed by atoms with Crippen LogP contribution in [0.2, 0.25) is 0 Å². The first kappa shape index (κ1) is 10.3. The Balaban J connectivity index is 0.000000187. The standard InChI is InChI=1S/C4H4O2.C2H5O2P/c1-3-2-6-4(3)5;1-2-5(3)4/h2H,1H3;2H2,1H3/p+1. The van der Waals surface area contributed by atoms with E-state index in [4.69, 9.17) is 4.89 Å². The summed E-state index contributed by atoms with van der Waals surface area (Å²) in [6.07, 6.45) is 1.80. The van der Waals surface area contributed by atoms with Crippen molar-refractivity contribution in [1.82, 2.24) is 0 Å². The lowest BCUT2D eigenvalue weighted by Crippen LogP contribution is -2.10. The molecular formula is C6H10O4P+. The van der Waals surface area contributed by atoms with E-state index in [-0.39, 0.29) is 5.97 Å². The van der Waals surface area contributed by atoms with Gasteiger partial charge in [0.2, 0.25) is 0 Å². The van der Waals surface area contributed by atoms with Gasteiger partial charge in [0.1, 0.15) is 6.26 Å². The monoisotopic (exact) mass is 177 g/mol. The van der Waals surface area contributed by atoms with Gasteiger partial charge in [-0.15, -0.1) is 0 Å². The summed E-state index contributed by atoms with van der Waals surface area (Å²) in [6, 6.07) is 0. The quantitative estimate of drug-likeness (QED) is 0.482. The zero-order valence-electron chi connectivity index (χ0n) is 6.40. The Bertz CT molecular complexity index is 197. The van der Waals surface area contributed by atoms with Crippen LogP contribution in [0.1, 0.15) is 13.8 Å². The molecule has 1 atom stereocenters. The molecule has 1 aliphatic heterocycles. The SMILES string of the molecule is CC1=COC1=O.CC[P+](=O)O. The summed E-state index contributed by atoms with van der Waals surface area (Å²) < 4.78 is 13.8. The molecule has 0 radical (unpaired) electrons. The van der Waals surface area contributed by atoms with Crippen LogP contribution in [0.25, 0.3) is 0 Å². The van der Waals surface area contributed by atoms with Gasteiger partial charge in [-0.25, -0.2) is 4.79 Å². The minimum Gasteiger partial charge on any atom is -0.430 e. The van der Waals surface area contributed by atoms with Gasteiger partial charge in [0.15, 0.2) is 6.16 Å². The smallest absolute Gasteiger partial charge is 0.430 e. The molecule has 5 heteroatoms. The maximum absolute atomic E-state index is 9.94. The lowest BCUT2D eigenvalue weighted by atomic mass is 10.3. The molecule has 62 valence electrons. The highest BCUT2D eigenvalue weighted by Gasteiger charge is 2.12. The van der Waals surface area contributed by atoms with Crippen LogP contribution in [0.15, 0.2) is 11.8 Å². The summed E-state index contributed by atoms with van der Waals surface area (Å²) in [5.74, 6) is -0.199. The predicted octanol–water partition coefficient (Wildman–Crippen LogP) is 1.19. The Kier molecular flexibility index (Phi) is 4.66. The van der Waals surface area contributed by atoms with Crippen molar-refractivity contribution in [2.24, 2.45) is 0 Å². The third-order valence-electron chi connectivity index (χ3n) is 0.935. The molecular weight excluding hydrogens is 167 g/mol. The third kappa shape index (κ3) is 4.65. The fourth-order valence-electron chi connectivity index (χ4n) is 0.225.